The zero-order chi connectivity index (χ0) is 13.9. The molecule has 0 unspecified atom stereocenters. The lowest BCUT2D eigenvalue weighted by molar-refractivity contribution is 0.239. The van der Waals surface area contributed by atoms with Gasteiger partial charge >= 0.3 is 0 Å². The summed E-state index contributed by atoms with van der Waals surface area (Å²) < 4.78 is 11.0. The fourth-order valence-corrected chi connectivity index (χ4v) is 2.11. The van der Waals surface area contributed by atoms with Crippen LogP contribution in [0.2, 0.25) is 0 Å². The molecule has 5 nitrogen and oxygen atoms in total. The van der Waals surface area contributed by atoms with Gasteiger partial charge in [0.25, 0.3) is 5.89 Å². The van der Waals surface area contributed by atoms with Gasteiger partial charge in [0.1, 0.15) is 5.75 Å². The number of nitrogens with two attached hydrogens (primary N) is 1. The Balaban J connectivity index is 1.67. The Bertz CT molecular complexity index is 578. The normalized spacial score (nSPS) is 16.1. The summed E-state index contributed by atoms with van der Waals surface area (Å²) in [5.74, 6) is 2.61. The molecule has 0 spiro atoms. The van der Waals surface area contributed by atoms with Crippen molar-refractivity contribution in [3.63, 3.8) is 0 Å². The number of aromatic nitrogens is 2. The van der Waals surface area contributed by atoms with E-state index < -0.39 is 0 Å². The van der Waals surface area contributed by atoms with Crippen LogP contribution in [-0.4, -0.2) is 10.1 Å². The quantitative estimate of drug-likeness (QED) is 0.875. The molecule has 0 amide bonds. The summed E-state index contributed by atoms with van der Waals surface area (Å²) in [6, 6.07) is 7.80. The van der Waals surface area contributed by atoms with Gasteiger partial charge in [-0.25, -0.2) is 0 Å². The molecule has 1 aliphatic rings. The van der Waals surface area contributed by atoms with Crippen LogP contribution in [0.4, 0.5) is 0 Å². The van der Waals surface area contributed by atoms with Crippen molar-refractivity contribution in [1.82, 2.24) is 10.1 Å². The molecular formula is C15H19N3O2. The maximum Gasteiger partial charge on any atom is 0.264 e. The maximum absolute atomic E-state index is 6.08. The van der Waals surface area contributed by atoms with Gasteiger partial charge in [-0.3, -0.25) is 0 Å². The van der Waals surface area contributed by atoms with Crippen molar-refractivity contribution in [2.75, 3.05) is 0 Å². The average Bonchev–Trinajstić information content (AvgIpc) is 3.24. The fraction of sp³-hybridized carbons (Fsp3) is 0.467. The van der Waals surface area contributed by atoms with E-state index in [1.54, 1.807) is 0 Å². The van der Waals surface area contributed by atoms with Gasteiger partial charge in [0, 0.05) is 17.5 Å². The van der Waals surface area contributed by atoms with E-state index in [2.05, 4.69) is 17.1 Å². The summed E-state index contributed by atoms with van der Waals surface area (Å²) in [4.78, 5) is 4.35. The highest BCUT2D eigenvalue weighted by atomic mass is 16.5. The second-order valence-corrected chi connectivity index (χ2v) is 5.16. The summed E-state index contributed by atoms with van der Waals surface area (Å²) in [5, 5.41) is 3.97. The van der Waals surface area contributed by atoms with E-state index in [0.717, 1.165) is 36.4 Å². The van der Waals surface area contributed by atoms with Gasteiger partial charge < -0.3 is 15.0 Å². The first-order chi connectivity index (χ1) is 9.78. The maximum atomic E-state index is 6.08. The van der Waals surface area contributed by atoms with Gasteiger partial charge in [-0.1, -0.05) is 30.3 Å². The molecule has 0 aliphatic heterocycles. The van der Waals surface area contributed by atoms with Gasteiger partial charge in [-0.15, -0.1) is 0 Å². The predicted octanol–water partition coefficient (Wildman–Crippen LogP) is 2.94. The Morgan fingerprint density at radius 3 is 2.95 bits per heavy atom. The Morgan fingerprint density at radius 2 is 2.20 bits per heavy atom. The Kier molecular flexibility index (Phi) is 3.69. The Hall–Kier alpha value is -1.88. The molecule has 0 radical (unpaired) electrons. The number of benzene rings is 1. The highest BCUT2D eigenvalue weighted by Crippen LogP contribution is 2.38. The van der Waals surface area contributed by atoms with Crippen molar-refractivity contribution in [2.24, 2.45) is 5.73 Å². The van der Waals surface area contributed by atoms with Gasteiger partial charge in [0.05, 0.1) is 0 Å². The number of hydrogen-bond acceptors (Lipinski definition) is 5. The summed E-state index contributed by atoms with van der Waals surface area (Å²) in [6.45, 7) is 2.34. The second-order valence-electron chi connectivity index (χ2n) is 5.16. The molecule has 1 saturated carbocycles. The summed E-state index contributed by atoms with van der Waals surface area (Å²) in [7, 11) is 0. The smallest absolute Gasteiger partial charge is 0.264 e. The van der Waals surface area contributed by atoms with Crippen molar-refractivity contribution >= 4 is 0 Å². The van der Waals surface area contributed by atoms with Crippen molar-refractivity contribution < 1.29 is 9.26 Å². The second kappa shape index (κ2) is 5.63. The molecule has 1 heterocycles. The summed E-state index contributed by atoms with van der Waals surface area (Å²) in [6.07, 6.45) is 3.19. The lowest BCUT2D eigenvalue weighted by Crippen LogP contribution is -2.10. The molecule has 106 valence electrons. The zero-order valence-electron chi connectivity index (χ0n) is 11.6. The molecule has 2 N–H and O–H groups in total. The summed E-state index contributed by atoms with van der Waals surface area (Å²) in [5.41, 5.74) is 7.10. The molecule has 1 aromatic heterocycles. The third-order valence-electron chi connectivity index (χ3n) is 3.54. The van der Waals surface area contributed by atoms with E-state index in [0.29, 0.717) is 11.8 Å². The molecule has 0 saturated heterocycles. The van der Waals surface area contributed by atoms with E-state index >= 15 is 0 Å². The molecule has 2 aromatic rings. The monoisotopic (exact) mass is 273 g/mol. The standard InChI is InChI=1S/C15H19N3O2/c1-2-12(16)11-5-3-4-6-13(11)19-9-14-17-15(18-20-14)10-7-8-10/h3-6,10,12H,2,7-9,16H2,1H3/t12-/m1/s1. The fourth-order valence-electron chi connectivity index (χ4n) is 2.11. The van der Waals surface area contributed by atoms with Crippen molar-refractivity contribution in [3.05, 3.63) is 41.5 Å². The lowest BCUT2D eigenvalue weighted by atomic mass is 10.0. The molecule has 20 heavy (non-hydrogen) atoms. The van der Waals surface area contributed by atoms with Gasteiger partial charge in [0.2, 0.25) is 0 Å². The molecule has 0 bridgehead atoms. The van der Waals surface area contributed by atoms with Crippen LogP contribution in [-0.2, 0) is 6.61 Å². The molecule has 1 aromatic carbocycles. The van der Waals surface area contributed by atoms with Crippen LogP contribution >= 0.6 is 0 Å². The molecule has 3 rings (SSSR count). The average molecular weight is 273 g/mol. The van der Waals surface area contributed by atoms with E-state index in [-0.39, 0.29) is 12.6 Å². The first-order valence-corrected chi connectivity index (χ1v) is 7.07. The number of para-hydroxylation sites is 1. The van der Waals surface area contributed by atoms with Crippen LogP contribution in [0.3, 0.4) is 0 Å². The Morgan fingerprint density at radius 1 is 1.40 bits per heavy atom. The van der Waals surface area contributed by atoms with E-state index in [1.165, 1.54) is 0 Å². The van der Waals surface area contributed by atoms with E-state index in [1.807, 2.05) is 24.3 Å². The minimum absolute atomic E-state index is 0.0177. The van der Waals surface area contributed by atoms with Crippen LogP contribution in [0.15, 0.2) is 28.8 Å². The van der Waals surface area contributed by atoms with Crippen LogP contribution in [0.25, 0.3) is 0 Å². The molecular weight excluding hydrogens is 254 g/mol. The topological polar surface area (TPSA) is 74.2 Å². The third kappa shape index (κ3) is 2.82. The van der Waals surface area contributed by atoms with Crippen molar-refractivity contribution in [1.29, 1.82) is 0 Å². The third-order valence-corrected chi connectivity index (χ3v) is 3.54. The first-order valence-electron chi connectivity index (χ1n) is 7.07. The highest BCUT2D eigenvalue weighted by molar-refractivity contribution is 5.35. The van der Waals surface area contributed by atoms with Crippen LogP contribution in [0.1, 0.15) is 55.4 Å². The largest absolute Gasteiger partial charge is 0.483 e. The van der Waals surface area contributed by atoms with Crippen molar-refractivity contribution in [3.8, 4) is 5.75 Å². The van der Waals surface area contributed by atoms with E-state index in [9.17, 15) is 0 Å². The minimum Gasteiger partial charge on any atom is -0.483 e. The van der Waals surface area contributed by atoms with Crippen LogP contribution < -0.4 is 10.5 Å². The van der Waals surface area contributed by atoms with Gasteiger partial charge in [-0.05, 0) is 25.3 Å². The first kappa shape index (κ1) is 13.1. The zero-order valence-corrected chi connectivity index (χ0v) is 11.6. The van der Waals surface area contributed by atoms with Gasteiger partial charge in [-0.2, -0.15) is 4.98 Å². The molecule has 1 fully saturated rings. The number of nitrogens with zero attached hydrogens (tertiary/aromatic N) is 2. The number of ether oxygens (including phenoxy) is 1. The predicted molar refractivity (Wildman–Crippen MR) is 74.3 cm³/mol. The Labute approximate surface area is 118 Å². The molecule has 5 heteroatoms. The SMILES string of the molecule is CC[C@@H](N)c1ccccc1OCc1nc(C2CC2)no1. The van der Waals surface area contributed by atoms with E-state index in [4.69, 9.17) is 15.0 Å². The van der Waals surface area contributed by atoms with Crippen LogP contribution in [0, 0.1) is 0 Å². The minimum atomic E-state index is -0.0177. The van der Waals surface area contributed by atoms with Gasteiger partial charge in [0.15, 0.2) is 12.4 Å². The number of hydrogen-bond donors (Lipinski definition) is 1. The van der Waals surface area contributed by atoms with Crippen LogP contribution in [0.5, 0.6) is 5.75 Å². The number of rotatable bonds is 6. The molecule has 1 atom stereocenters. The lowest BCUT2D eigenvalue weighted by Gasteiger charge is -2.14. The molecule has 1 aliphatic carbocycles. The highest BCUT2D eigenvalue weighted by Gasteiger charge is 2.28. The summed E-state index contributed by atoms with van der Waals surface area (Å²) >= 11 is 0. The van der Waals surface area contributed by atoms with Crippen molar-refractivity contribution in [2.45, 2.75) is 44.8 Å².